The molecule has 4 heteroatoms. The predicted molar refractivity (Wildman–Crippen MR) is 51.4 cm³/mol. The van der Waals surface area contributed by atoms with Crippen molar-refractivity contribution in [3.63, 3.8) is 0 Å². The van der Waals surface area contributed by atoms with E-state index in [1.54, 1.807) is 20.8 Å². The van der Waals surface area contributed by atoms with E-state index >= 15 is 0 Å². The van der Waals surface area contributed by atoms with E-state index in [0.717, 1.165) is 0 Å². The number of rotatable bonds is 3. The van der Waals surface area contributed by atoms with Crippen molar-refractivity contribution in [1.29, 1.82) is 0 Å². The second-order valence-corrected chi connectivity index (χ2v) is 3.77. The Morgan fingerprint density at radius 3 is 2.36 bits per heavy atom. The summed E-state index contributed by atoms with van der Waals surface area (Å²) in [6.45, 7) is 5.02. The summed E-state index contributed by atoms with van der Waals surface area (Å²) in [5, 5.41) is 9.16. The van der Waals surface area contributed by atoms with Gasteiger partial charge in [-0.3, -0.25) is 14.5 Å². The van der Waals surface area contributed by atoms with Gasteiger partial charge in [0.05, 0.1) is 6.10 Å². The second kappa shape index (κ2) is 3.92. The van der Waals surface area contributed by atoms with Crippen molar-refractivity contribution in [2.75, 3.05) is 0 Å². The van der Waals surface area contributed by atoms with Gasteiger partial charge in [-0.05, 0) is 27.2 Å². The van der Waals surface area contributed by atoms with E-state index < -0.39 is 6.10 Å². The summed E-state index contributed by atoms with van der Waals surface area (Å²) in [7, 11) is 0. The second-order valence-electron chi connectivity index (χ2n) is 3.77. The molecule has 1 heterocycles. The minimum atomic E-state index is -0.508. The normalized spacial score (nSPS) is 21.1. The largest absolute Gasteiger partial charge is 0.393 e. The molecule has 0 spiro atoms. The van der Waals surface area contributed by atoms with Crippen LogP contribution >= 0.6 is 0 Å². The quantitative estimate of drug-likeness (QED) is 0.669. The van der Waals surface area contributed by atoms with Crippen molar-refractivity contribution in [1.82, 2.24) is 4.90 Å². The Labute approximate surface area is 83.2 Å². The smallest absolute Gasteiger partial charge is 0.256 e. The third-order valence-corrected chi connectivity index (χ3v) is 2.26. The van der Waals surface area contributed by atoms with Crippen LogP contribution in [0.4, 0.5) is 0 Å². The lowest BCUT2D eigenvalue weighted by Crippen LogP contribution is -2.40. The van der Waals surface area contributed by atoms with E-state index in [1.807, 2.05) is 0 Å². The molecule has 0 aromatic carbocycles. The lowest BCUT2D eigenvalue weighted by molar-refractivity contribution is -0.140. The van der Waals surface area contributed by atoms with Crippen LogP contribution < -0.4 is 0 Å². The number of aliphatic hydroxyl groups excluding tert-OH is 1. The van der Waals surface area contributed by atoms with Crippen LogP contribution in [-0.4, -0.2) is 34.0 Å². The molecule has 0 saturated carbocycles. The number of carbonyl (C=O) groups excluding carboxylic acids is 2. The lowest BCUT2D eigenvalue weighted by Gasteiger charge is -2.23. The third kappa shape index (κ3) is 2.01. The highest BCUT2D eigenvalue weighted by atomic mass is 16.3. The standard InChI is InChI=1S/C10H15NO3/c1-6-4-9(13)11(10(6)14)7(2)5-8(3)12/h4,7-8,12H,5H2,1-3H3. The summed E-state index contributed by atoms with van der Waals surface area (Å²) < 4.78 is 0. The van der Waals surface area contributed by atoms with Crippen LogP contribution in [0.15, 0.2) is 11.6 Å². The Kier molecular flexibility index (Phi) is 3.06. The van der Waals surface area contributed by atoms with Crippen LogP contribution in [0.3, 0.4) is 0 Å². The predicted octanol–water partition coefficient (Wildman–Crippen LogP) is 0.461. The van der Waals surface area contributed by atoms with Crippen molar-refractivity contribution in [3.05, 3.63) is 11.6 Å². The minimum Gasteiger partial charge on any atom is -0.393 e. The Hall–Kier alpha value is -1.16. The SMILES string of the molecule is CC1=CC(=O)N(C(C)CC(C)O)C1=O. The molecule has 0 aromatic rings. The molecule has 0 radical (unpaired) electrons. The van der Waals surface area contributed by atoms with Crippen LogP contribution in [0.2, 0.25) is 0 Å². The van der Waals surface area contributed by atoms with Crippen molar-refractivity contribution in [2.24, 2.45) is 0 Å². The van der Waals surface area contributed by atoms with Crippen LogP contribution in [0, 0.1) is 0 Å². The molecule has 2 atom stereocenters. The Morgan fingerprint density at radius 1 is 1.43 bits per heavy atom. The van der Waals surface area contributed by atoms with Crippen LogP contribution in [0.25, 0.3) is 0 Å². The topological polar surface area (TPSA) is 57.6 Å². The molecule has 1 aliphatic rings. The fraction of sp³-hybridized carbons (Fsp3) is 0.600. The molecule has 4 nitrogen and oxygen atoms in total. The first-order valence-electron chi connectivity index (χ1n) is 4.67. The van der Waals surface area contributed by atoms with E-state index in [1.165, 1.54) is 11.0 Å². The maximum absolute atomic E-state index is 11.5. The molecule has 0 bridgehead atoms. The number of aliphatic hydroxyl groups is 1. The van der Waals surface area contributed by atoms with Crippen LogP contribution in [-0.2, 0) is 9.59 Å². The third-order valence-electron chi connectivity index (χ3n) is 2.26. The number of hydrogen-bond donors (Lipinski definition) is 1. The first-order chi connectivity index (χ1) is 6.43. The van der Waals surface area contributed by atoms with Crippen LogP contribution in [0.1, 0.15) is 27.2 Å². The highest BCUT2D eigenvalue weighted by Gasteiger charge is 2.32. The zero-order valence-corrected chi connectivity index (χ0v) is 8.65. The zero-order chi connectivity index (χ0) is 10.9. The van der Waals surface area contributed by atoms with Gasteiger partial charge >= 0.3 is 0 Å². The first-order valence-corrected chi connectivity index (χ1v) is 4.67. The Balaban J connectivity index is 2.71. The van der Waals surface area contributed by atoms with Gasteiger partial charge in [-0.1, -0.05) is 0 Å². The average Bonchev–Trinajstić information content (AvgIpc) is 2.25. The highest BCUT2D eigenvalue weighted by Crippen LogP contribution is 2.17. The molecule has 14 heavy (non-hydrogen) atoms. The van der Waals surface area contributed by atoms with Crippen LogP contribution in [0.5, 0.6) is 0 Å². The summed E-state index contributed by atoms with van der Waals surface area (Å²) in [6, 6.07) is -0.247. The number of hydrogen-bond acceptors (Lipinski definition) is 3. The maximum atomic E-state index is 11.5. The van der Waals surface area contributed by atoms with Crippen molar-refractivity contribution >= 4 is 11.8 Å². The van der Waals surface area contributed by atoms with Crippen molar-refractivity contribution < 1.29 is 14.7 Å². The summed E-state index contributed by atoms with van der Waals surface area (Å²) in [6.07, 6.45) is 1.24. The monoisotopic (exact) mass is 197 g/mol. The highest BCUT2D eigenvalue weighted by molar-refractivity contribution is 6.16. The molecule has 78 valence electrons. The van der Waals surface area contributed by atoms with Gasteiger partial charge < -0.3 is 5.11 Å². The Bertz CT molecular complexity index is 294. The van der Waals surface area contributed by atoms with Crippen molar-refractivity contribution in [3.8, 4) is 0 Å². The number of nitrogens with zero attached hydrogens (tertiary/aromatic N) is 1. The first kappa shape index (κ1) is 10.9. The van der Waals surface area contributed by atoms with Gasteiger partial charge in [0.15, 0.2) is 0 Å². The van der Waals surface area contributed by atoms with E-state index in [4.69, 9.17) is 5.11 Å². The number of amides is 2. The molecule has 0 fully saturated rings. The molecule has 0 aliphatic carbocycles. The molecule has 0 saturated heterocycles. The van der Waals surface area contributed by atoms with Gasteiger partial charge in [-0.2, -0.15) is 0 Å². The average molecular weight is 197 g/mol. The van der Waals surface area contributed by atoms with E-state index in [-0.39, 0.29) is 17.9 Å². The van der Waals surface area contributed by atoms with E-state index in [9.17, 15) is 9.59 Å². The van der Waals surface area contributed by atoms with Gasteiger partial charge in [-0.25, -0.2) is 0 Å². The van der Waals surface area contributed by atoms with Gasteiger partial charge in [0.25, 0.3) is 11.8 Å². The van der Waals surface area contributed by atoms with E-state index in [0.29, 0.717) is 12.0 Å². The minimum absolute atomic E-state index is 0.247. The van der Waals surface area contributed by atoms with Gasteiger partial charge in [0.1, 0.15) is 0 Å². The maximum Gasteiger partial charge on any atom is 0.256 e. The van der Waals surface area contributed by atoms with Crippen molar-refractivity contribution in [2.45, 2.75) is 39.3 Å². The van der Waals surface area contributed by atoms with Gasteiger partial charge in [-0.15, -0.1) is 0 Å². The fourth-order valence-electron chi connectivity index (χ4n) is 1.62. The molecule has 1 rings (SSSR count). The summed E-state index contributed by atoms with van der Waals surface area (Å²) in [5.41, 5.74) is 0.465. The molecule has 0 aromatic heterocycles. The number of imide groups is 1. The molecule has 1 N–H and O–H groups in total. The zero-order valence-electron chi connectivity index (χ0n) is 8.65. The van der Waals surface area contributed by atoms with Gasteiger partial charge in [0.2, 0.25) is 0 Å². The Morgan fingerprint density at radius 2 is 2.00 bits per heavy atom. The molecular formula is C10H15NO3. The molecular weight excluding hydrogens is 182 g/mol. The van der Waals surface area contributed by atoms with E-state index in [2.05, 4.69) is 0 Å². The molecule has 1 aliphatic heterocycles. The molecule has 2 amide bonds. The summed E-state index contributed by atoms with van der Waals surface area (Å²) in [5.74, 6) is -0.524. The lowest BCUT2D eigenvalue weighted by atomic mass is 10.1. The number of carbonyl (C=O) groups is 2. The summed E-state index contributed by atoms with van der Waals surface area (Å²) >= 11 is 0. The fourth-order valence-corrected chi connectivity index (χ4v) is 1.62. The molecule has 2 unspecified atom stereocenters. The summed E-state index contributed by atoms with van der Waals surface area (Å²) in [4.78, 5) is 24.1. The van der Waals surface area contributed by atoms with Gasteiger partial charge in [0, 0.05) is 17.7 Å².